The molecule has 1 aromatic rings. The predicted molar refractivity (Wildman–Crippen MR) is 57.8 cm³/mol. The molecule has 15 heavy (non-hydrogen) atoms. The summed E-state index contributed by atoms with van der Waals surface area (Å²) in [6.45, 7) is 0.762. The average Bonchev–Trinajstić information content (AvgIpc) is 2.25. The molecule has 78 valence electrons. The molecule has 0 aliphatic heterocycles. The lowest BCUT2D eigenvalue weighted by Crippen LogP contribution is -2.04. The van der Waals surface area contributed by atoms with Crippen molar-refractivity contribution >= 4 is 11.7 Å². The number of aromatic carboxylic acids is 1. The van der Waals surface area contributed by atoms with Crippen molar-refractivity contribution in [2.45, 2.75) is 12.8 Å². The molecule has 0 spiro atoms. The van der Waals surface area contributed by atoms with E-state index < -0.39 is 5.97 Å². The van der Waals surface area contributed by atoms with E-state index >= 15 is 0 Å². The van der Waals surface area contributed by atoms with Gasteiger partial charge < -0.3 is 10.4 Å². The maximum atomic E-state index is 10.5. The fraction of sp³-hybridized carbons (Fsp3) is 0.273. The molecule has 4 heteroatoms. The minimum absolute atomic E-state index is 0.0455. The van der Waals surface area contributed by atoms with Crippen LogP contribution in [0.4, 0.5) is 5.69 Å². The van der Waals surface area contributed by atoms with E-state index in [9.17, 15) is 4.79 Å². The number of hydrogen-bond acceptors (Lipinski definition) is 3. The molecule has 0 radical (unpaired) electrons. The van der Waals surface area contributed by atoms with Crippen molar-refractivity contribution < 1.29 is 9.90 Å². The summed E-state index contributed by atoms with van der Waals surface area (Å²) in [5.41, 5.74) is 0.848. The molecule has 1 aromatic heterocycles. The standard InChI is InChI=1S/C11H12N2O2/c1-2-3-4-7-12-9-5-6-10(11(14)15)13-8-9/h1,5-6,8,12H,3-4,7H2,(H,14,15). The Balaban J connectivity index is 2.43. The molecule has 2 N–H and O–H groups in total. The molecular weight excluding hydrogens is 192 g/mol. The largest absolute Gasteiger partial charge is 0.477 e. The Morgan fingerprint density at radius 1 is 1.60 bits per heavy atom. The van der Waals surface area contributed by atoms with E-state index in [0.717, 1.165) is 25.1 Å². The number of nitrogens with zero attached hydrogens (tertiary/aromatic N) is 1. The van der Waals surface area contributed by atoms with Crippen LogP contribution in [0.1, 0.15) is 23.3 Å². The third kappa shape index (κ3) is 3.69. The molecule has 0 saturated carbocycles. The van der Waals surface area contributed by atoms with Crippen LogP contribution in [-0.2, 0) is 0 Å². The van der Waals surface area contributed by atoms with Crippen LogP contribution in [-0.4, -0.2) is 22.6 Å². The second-order valence-corrected chi connectivity index (χ2v) is 2.97. The number of terminal acetylenes is 1. The number of aromatic nitrogens is 1. The van der Waals surface area contributed by atoms with Gasteiger partial charge in [0.25, 0.3) is 0 Å². The van der Waals surface area contributed by atoms with Crippen LogP contribution in [0, 0.1) is 12.3 Å². The Bertz CT molecular complexity index is 365. The van der Waals surface area contributed by atoms with E-state index in [1.807, 2.05) is 0 Å². The summed E-state index contributed by atoms with van der Waals surface area (Å²) in [7, 11) is 0. The highest BCUT2D eigenvalue weighted by atomic mass is 16.4. The van der Waals surface area contributed by atoms with Crippen molar-refractivity contribution in [1.29, 1.82) is 0 Å². The zero-order valence-electron chi connectivity index (χ0n) is 8.23. The van der Waals surface area contributed by atoms with Gasteiger partial charge in [0.1, 0.15) is 5.69 Å². The molecule has 0 aromatic carbocycles. The van der Waals surface area contributed by atoms with E-state index in [0.29, 0.717) is 0 Å². The fourth-order valence-corrected chi connectivity index (χ4v) is 1.05. The van der Waals surface area contributed by atoms with Crippen molar-refractivity contribution in [3.8, 4) is 12.3 Å². The minimum Gasteiger partial charge on any atom is -0.477 e. The zero-order valence-corrected chi connectivity index (χ0v) is 8.23. The number of rotatable bonds is 5. The van der Waals surface area contributed by atoms with E-state index in [1.165, 1.54) is 12.3 Å². The van der Waals surface area contributed by atoms with Gasteiger partial charge >= 0.3 is 5.97 Å². The first-order chi connectivity index (χ1) is 7.24. The van der Waals surface area contributed by atoms with E-state index in [4.69, 9.17) is 11.5 Å². The molecule has 0 atom stereocenters. The third-order valence-corrected chi connectivity index (χ3v) is 1.81. The highest BCUT2D eigenvalue weighted by Gasteiger charge is 2.02. The number of hydrogen-bond donors (Lipinski definition) is 2. The molecule has 0 fully saturated rings. The van der Waals surface area contributed by atoms with Crippen molar-refractivity contribution in [3.63, 3.8) is 0 Å². The summed E-state index contributed by atoms with van der Waals surface area (Å²) < 4.78 is 0. The van der Waals surface area contributed by atoms with Gasteiger partial charge in [0.2, 0.25) is 0 Å². The van der Waals surface area contributed by atoms with E-state index in [2.05, 4.69) is 16.2 Å². The topological polar surface area (TPSA) is 62.2 Å². The molecule has 0 saturated heterocycles. The van der Waals surface area contributed by atoms with Gasteiger partial charge in [0, 0.05) is 13.0 Å². The van der Waals surface area contributed by atoms with Crippen LogP contribution in [0.25, 0.3) is 0 Å². The van der Waals surface area contributed by atoms with Crippen molar-refractivity contribution in [2.75, 3.05) is 11.9 Å². The second-order valence-electron chi connectivity index (χ2n) is 2.97. The molecule has 0 aliphatic rings. The van der Waals surface area contributed by atoms with Gasteiger partial charge in [-0.05, 0) is 18.6 Å². The van der Waals surface area contributed by atoms with Crippen molar-refractivity contribution in [1.82, 2.24) is 4.98 Å². The van der Waals surface area contributed by atoms with Gasteiger partial charge in [-0.15, -0.1) is 12.3 Å². The SMILES string of the molecule is C#CCCCNc1ccc(C(=O)O)nc1. The Morgan fingerprint density at radius 3 is 2.93 bits per heavy atom. The minimum atomic E-state index is -1.02. The number of unbranched alkanes of at least 4 members (excludes halogenated alkanes) is 1. The number of carboxylic acids is 1. The molecule has 0 unspecified atom stereocenters. The Kier molecular flexibility index (Phi) is 4.17. The van der Waals surface area contributed by atoms with Crippen LogP contribution in [0.3, 0.4) is 0 Å². The van der Waals surface area contributed by atoms with Crippen LogP contribution in [0.2, 0.25) is 0 Å². The summed E-state index contributed by atoms with van der Waals surface area (Å²) in [4.78, 5) is 14.3. The number of carboxylic acid groups (broad SMARTS) is 1. The number of nitrogens with one attached hydrogen (secondary N) is 1. The summed E-state index contributed by atoms with van der Waals surface area (Å²) >= 11 is 0. The molecule has 0 amide bonds. The average molecular weight is 204 g/mol. The Hall–Kier alpha value is -2.02. The van der Waals surface area contributed by atoms with Gasteiger partial charge in [-0.1, -0.05) is 0 Å². The van der Waals surface area contributed by atoms with Gasteiger partial charge in [-0.3, -0.25) is 0 Å². The molecule has 4 nitrogen and oxygen atoms in total. The van der Waals surface area contributed by atoms with Gasteiger partial charge in [-0.2, -0.15) is 0 Å². The molecule has 1 rings (SSSR count). The van der Waals surface area contributed by atoms with E-state index in [1.54, 1.807) is 6.07 Å². The Labute approximate surface area is 88.3 Å². The van der Waals surface area contributed by atoms with Gasteiger partial charge in [0.15, 0.2) is 0 Å². The summed E-state index contributed by atoms with van der Waals surface area (Å²) in [6, 6.07) is 3.15. The second kappa shape index (κ2) is 5.66. The van der Waals surface area contributed by atoms with Gasteiger partial charge in [-0.25, -0.2) is 9.78 Å². The molecule has 0 bridgehead atoms. The molecular formula is C11H12N2O2. The first-order valence-electron chi connectivity index (χ1n) is 4.60. The predicted octanol–water partition coefficient (Wildman–Crippen LogP) is 1.61. The van der Waals surface area contributed by atoms with E-state index in [-0.39, 0.29) is 5.69 Å². The lowest BCUT2D eigenvalue weighted by Gasteiger charge is -2.04. The third-order valence-electron chi connectivity index (χ3n) is 1.81. The zero-order chi connectivity index (χ0) is 11.1. The highest BCUT2D eigenvalue weighted by Crippen LogP contribution is 2.06. The van der Waals surface area contributed by atoms with Gasteiger partial charge in [0.05, 0.1) is 11.9 Å². The monoisotopic (exact) mass is 204 g/mol. The fourth-order valence-electron chi connectivity index (χ4n) is 1.05. The number of anilines is 1. The smallest absolute Gasteiger partial charge is 0.354 e. The molecule has 0 aliphatic carbocycles. The van der Waals surface area contributed by atoms with Crippen LogP contribution < -0.4 is 5.32 Å². The number of pyridine rings is 1. The molecule has 1 heterocycles. The highest BCUT2D eigenvalue weighted by molar-refractivity contribution is 5.85. The van der Waals surface area contributed by atoms with Crippen molar-refractivity contribution in [2.24, 2.45) is 0 Å². The summed E-state index contributed by atoms with van der Waals surface area (Å²) in [5, 5.41) is 11.7. The first-order valence-corrected chi connectivity index (χ1v) is 4.60. The van der Waals surface area contributed by atoms with Crippen LogP contribution >= 0.6 is 0 Å². The van der Waals surface area contributed by atoms with Crippen LogP contribution in [0.15, 0.2) is 18.3 Å². The lowest BCUT2D eigenvalue weighted by atomic mass is 10.3. The normalized spacial score (nSPS) is 9.27. The summed E-state index contributed by atoms with van der Waals surface area (Å²) in [5.74, 6) is 1.53. The maximum Gasteiger partial charge on any atom is 0.354 e. The quantitative estimate of drug-likeness (QED) is 0.565. The Morgan fingerprint density at radius 2 is 2.40 bits per heavy atom. The van der Waals surface area contributed by atoms with Crippen molar-refractivity contribution in [3.05, 3.63) is 24.0 Å². The number of carbonyl (C=O) groups is 1. The first kappa shape index (κ1) is 11.1. The lowest BCUT2D eigenvalue weighted by molar-refractivity contribution is 0.0690. The maximum absolute atomic E-state index is 10.5. The summed E-state index contributed by atoms with van der Waals surface area (Å²) in [6.07, 6.45) is 8.22. The van der Waals surface area contributed by atoms with Crippen LogP contribution in [0.5, 0.6) is 0 Å².